The summed E-state index contributed by atoms with van der Waals surface area (Å²) < 4.78 is 4.90. The number of aliphatic hydroxyl groups excluding tert-OH is 3. The Morgan fingerprint density at radius 2 is 2.04 bits per heavy atom. The zero-order valence-corrected chi connectivity index (χ0v) is 15.2. The lowest BCUT2D eigenvalue weighted by Gasteiger charge is -2.59. The molecule has 2 saturated carbocycles. The normalized spacial score (nSPS) is 46.2. The molecule has 0 unspecified atom stereocenters. The first kappa shape index (κ1) is 18.6. The maximum atomic E-state index is 11.8. The van der Waals surface area contributed by atoms with E-state index in [4.69, 9.17) is 4.74 Å². The second-order valence-corrected chi connectivity index (χ2v) is 8.54. The highest BCUT2D eigenvalue weighted by molar-refractivity contribution is 5.91. The largest absolute Gasteiger partial charge is 0.459 e. The quantitative estimate of drug-likeness (QED) is 0.411. The molecular weight excluding hydrogens is 320 g/mol. The van der Waals surface area contributed by atoms with E-state index in [0.29, 0.717) is 18.4 Å². The molecule has 0 spiro atoms. The van der Waals surface area contributed by atoms with E-state index in [-0.39, 0.29) is 30.5 Å². The van der Waals surface area contributed by atoms with Crippen molar-refractivity contribution in [2.75, 3.05) is 13.2 Å². The molecule has 1 aliphatic heterocycles. The van der Waals surface area contributed by atoms with Gasteiger partial charge in [0.2, 0.25) is 0 Å². The van der Waals surface area contributed by atoms with Crippen LogP contribution in [-0.2, 0) is 9.53 Å². The number of allylic oxidation sites excluding steroid dienone is 2. The summed E-state index contributed by atoms with van der Waals surface area (Å²) in [5.74, 6) is -0.0734. The zero-order chi connectivity index (χ0) is 18.4. The van der Waals surface area contributed by atoms with Crippen LogP contribution in [-0.4, -0.2) is 46.7 Å². The van der Waals surface area contributed by atoms with Crippen molar-refractivity contribution in [3.05, 3.63) is 23.8 Å². The highest BCUT2D eigenvalue weighted by atomic mass is 16.6. The second kappa shape index (κ2) is 6.53. The van der Waals surface area contributed by atoms with Gasteiger partial charge in [0.1, 0.15) is 12.7 Å². The topological polar surface area (TPSA) is 87.0 Å². The van der Waals surface area contributed by atoms with E-state index in [1.54, 1.807) is 0 Å². The third-order valence-corrected chi connectivity index (χ3v) is 7.23. The molecule has 3 N–H and O–H groups in total. The molecule has 6 atom stereocenters. The Kier molecular flexibility index (Phi) is 4.86. The lowest BCUT2D eigenvalue weighted by atomic mass is 9.46. The van der Waals surface area contributed by atoms with Crippen molar-refractivity contribution in [3.8, 4) is 0 Å². The number of hydrogen-bond donors (Lipinski definition) is 3. The van der Waals surface area contributed by atoms with Crippen LogP contribution in [0.5, 0.6) is 0 Å². The first-order valence-corrected chi connectivity index (χ1v) is 9.26. The molecule has 25 heavy (non-hydrogen) atoms. The standard InChI is InChI=1S/C20H30O5/c1-12-4-7-16-19(2,9-8-17(23)20(16,3)11-21)14(12)6-5-13-15(22)10-25-18(13)24/h5,14-17,21-23H,1,4,6-11H2,2-3H3/b13-5-/t14-,15-,16-,17+,19+,20+/m1/s1. The summed E-state index contributed by atoms with van der Waals surface area (Å²) in [6, 6.07) is 0. The average Bonchev–Trinajstić information content (AvgIpc) is 2.89. The minimum Gasteiger partial charge on any atom is -0.459 e. The first-order valence-electron chi connectivity index (χ1n) is 9.26. The number of ether oxygens (including phenoxy) is 1. The van der Waals surface area contributed by atoms with Crippen LogP contribution in [0.3, 0.4) is 0 Å². The van der Waals surface area contributed by atoms with E-state index in [0.717, 1.165) is 24.8 Å². The summed E-state index contributed by atoms with van der Waals surface area (Å²) in [5.41, 5.74) is 0.911. The molecular formula is C20H30O5. The van der Waals surface area contributed by atoms with Crippen molar-refractivity contribution in [3.63, 3.8) is 0 Å². The Balaban J connectivity index is 1.89. The van der Waals surface area contributed by atoms with Gasteiger partial charge < -0.3 is 20.1 Å². The molecule has 2 aliphatic carbocycles. The number of cyclic esters (lactones) is 1. The van der Waals surface area contributed by atoms with Crippen molar-refractivity contribution in [2.24, 2.45) is 22.7 Å². The molecule has 0 bridgehead atoms. The maximum Gasteiger partial charge on any atom is 0.336 e. The van der Waals surface area contributed by atoms with Crippen LogP contribution in [0.2, 0.25) is 0 Å². The molecule has 1 heterocycles. The summed E-state index contributed by atoms with van der Waals surface area (Å²) in [4.78, 5) is 11.8. The fraction of sp³-hybridized carbons (Fsp3) is 0.750. The Morgan fingerprint density at radius 1 is 1.32 bits per heavy atom. The Morgan fingerprint density at radius 3 is 2.64 bits per heavy atom. The lowest BCUT2D eigenvalue weighted by Crippen LogP contribution is -2.57. The van der Waals surface area contributed by atoms with Crippen LogP contribution < -0.4 is 0 Å². The molecule has 0 amide bonds. The van der Waals surface area contributed by atoms with E-state index in [9.17, 15) is 20.1 Å². The number of aliphatic hydroxyl groups is 3. The van der Waals surface area contributed by atoms with E-state index < -0.39 is 23.6 Å². The molecule has 3 fully saturated rings. The molecule has 0 aromatic heterocycles. The van der Waals surface area contributed by atoms with Gasteiger partial charge >= 0.3 is 5.97 Å². The molecule has 1 saturated heterocycles. The van der Waals surface area contributed by atoms with Crippen LogP contribution >= 0.6 is 0 Å². The van der Waals surface area contributed by atoms with Gasteiger partial charge in [0.05, 0.1) is 18.3 Å². The van der Waals surface area contributed by atoms with Gasteiger partial charge in [-0.1, -0.05) is 32.1 Å². The minimum absolute atomic E-state index is 0.0280. The fourth-order valence-electron chi connectivity index (χ4n) is 5.56. The third-order valence-electron chi connectivity index (χ3n) is 7.23. The number of carbonyl (C=O) groups is 1. The van der Waals surface area contributed by atoms with Gasteiger partial charge in [0.25, 0.3) is 0 Å². The van der Waals surface area contributed by atoms with Crippen LogP contribution in [0.1, 0.15) is 46.0 Å². The number of carbonyl (C=O) groups excluding carboxylic acids is 1. The first-order chi connectivity index (χ1) is 11.7. The van der Waals surface area contributed by atoms with Gasteiger partial charge in [-0.2, -0.15) is 0 Å². The molecule has 5 heteroatoms. The summed E-state index contributed by atoms with van der Waals surface area (Å²) in [7, 11) is 0. The molecule has 3 aliphatic rings. The molecule has 0 aromatic rings. The van der Waals surface area contributed by atoms with Gasteiger partial charge in [0, 0.05) is 5.41 Å². The van der Waals surface area contributed by atoms with Crippen molar-refractivity contribution in [1.82, 2.24) is 0 Å². The Bertz CT molecular complexity index is 597. The maximum absolute atomic E-state index is 11.8. The smallest absolute Gasteiger partial charge is 0.336 e. The van der Waals surface area contributed by atoms with Crippen molar-refractivity contribution < 1.29 is 24.9 Å². The summed E-state index contributed by atoms with van der Waals surface area (Å²) in [6.07, 6.45) is 4.42. The highest BCUT2D eigenvalue weighted by Gasteiger charge is 2.57. The molecule has 3 rings (SSSR count). The van der Waals surface area contributed by atoms with Gasteiger partial charge in [-0.15, -0.1) is 0 Å². The van der Waals surface area contributed by atoms with Gasteiger partial charge in [-0.3, -0.25) is 0 Å². The predicted molar refractivity (Wildman–Crippen MR) is 93.6 cm³/mol. The van der Waals surface area contributed by atoms with Crippen molar-refractivity contribution >= 4 is 5.97 Å². The van der Waals surface area contributed by atoms with Gasteiger partial charge in [-0.05, 0) is 49.4 Å². The number of esters is 1. The fourth-order valence-corrected chi connectivity index (χ4v) is 5.56. The average molecular weight is 350 g/mol. The summed E-state index contributed by atoms with van der Waals surface area (Å²) in [6.45, 7) is 8.50. The van der Waals surface area contributed by atoms with E-state index in [1.165, 1.54) is 0 Å². The number of hydrogen-bond acceptors (Lipinski definition) is 5. The number of fused-ring (bicyclic) bond motifs is 1. The highest BCUT2D eigenvalue weighted by Crippen LogP contribution is 2.61. The van der Waals surface area contributed by atoms with E-state index >= 15 is 0 Å². The van der Waals surface area contributed by atoms with Crippen molar-refractivity contribution in [2.45, 2.75) is 58.2 Å². The zero-order valence-electron chi connectivity index (χ0n) is 15.2. The van der Waals surface area contributed by atoms with Crippen LogP contribution in [0.4, 0.5) is 0 Å². The SMILES string of the molecule is C=C1CC[C@H]2[C@](C)(CO)[C@@H](O)CC[C@@]2(C)[C@@H]1C/C=C1\C(=O)OC[C@H]1O. The number of rotatable bonds is 3. The molecule has 0 aromatic carbocycles. The van der Waals surface area contributed by atoms with Crippen LogP contribution in [0.15, 0.2) is 23.8 Å². The minimum atomic E-state index is -0.844. The third kappa shape index (κ3) is 2.86. The van der Waals surface area contributed by atoms with Gasteiger partial charge in [0.15, 0.2) is 0 Å². The van der Waals surface area contributed by atoms with E-state index in [1.807, 2.05) is 13.0 Å². The lowest BCUT2D eigenvalue weighted by molar-refractivity contribution is -0.151. The van der Waals surface area contributed by atoms with E-state index in [2.05, 4.69) is 13.5 Å². The predicted octanol–water partition coefficient (Wildman–Crippen LogP) is 1.96. The van der Waals surface area contributed by atoms with Crippen LogP contribution in [0, 0.1) is 22.7 Å². The molecule has 5 nitrogen and oxygen atoms in total. The Labute approximate surface area is 149 Å². The summed E-state index contributed by atoms with van der Waals surface area (Å²) in [5, 5.41) is 30.4. The Hall–Kier alpha value is -1.17. The van der Waals surface area contributed by atoms with Crippen molar-refractivity contribution in [1.29, 1.82) is 0 Å². The molecule has 140 valence electrons. The molecule has 0 radical (unpaired) electrons. The second-order valence-electron chi connectivity index (χ2n) is 8.54. The monoisotopic (exact) mass is 350 g/mol. The van der Waals surface area contributed by atoms with Gasteiger partial charge in [-0.25, -0.2) is 4.79 Å². The summed E-state index contributed by atoms with van der Waals surface area (Å²) >= 11 is 0. The van der Waals surface area contributed by atoms with Crippen LogP contribution in [0.25, 0.3) is 0 Å².